The van der Waals surface area contributed by atoms with Crippen molar-refractivity contribution in [2.24, 2.45) is 0 Å². The number of unbranched alkanes of at least 4 members (excludes halogenated alkanes) is 6. The fourth-order valence-corrected chi connectivity index (χ4v) is 2.17. The maximum Gasteiger partial charge on any atom is 0.560 e. The Hall–Kier alpha value is 0.746. The van der Waals surface area contributed by atoms with Gasteiger partial charge in [-0.1, -0.05) is 64.5 Å². The van der Waals surface area contributed by atoms with E-state index in [-0.39, 0.29) is 16.0 Å². The zero-order valence-corrected chi connectivity index (χ0v) is 18.8. The zero-order valence-electron chi connectivity index (χ0n) is 14.2. The van der Waals surface area contributed by atoms with Gasteiger partial charge in [0.1, 0.15) is 5.75 Å². The fourth-order valence-electron chi connectivity index (χ4n) is 2.17. The third kappa shape index (κ3) is 14.3. The van der Waals surface area contributed by atoms with Gasteiger partial charge in [0.2, 0.25) is 0 Å². The quantitative estimate of drug-likeness (QED) is 0.266. The van der Waals surface area contributed by atoms with Crippen LogP contribution in [-0.4, -0.2) is 22.6 Å². The van der Waals surface area contributed by atoms with Gasteiger partial charge in [0.15, 0.2) is 0 Å². The average molecular weight is 446 g/mol. The molecule has 1 radical (unpaired) electrons. The second kappa shape index (κ2) is 18.1. The summed E-state index contributed by atoms with van der Waals surface area (Å²) in [5.41, 5.74) is 1.37. The third-order valence-corrected chi connectivity index (χ3v) is 3.41. The highest BCUT2D eigenvalue weighted by Crippen LogP contribution is 2.15. The lowest BCUT2D eigenvalue weighted by Gasteiger charge is -2.07. The minimum absolute atomic E-state index is 0.0417. The van der Waals surface area contributed by atoms with Crippen LogP contribution in [0.25, 0.3) is 0 Å². The highest BCUT2D eigenvalue weighted by molar-refractivity contribution is 9.47. The van der Waals surface area contributed by atoms with Gasteiger partial charge >= 0.3 is 16.0 Å². The predicted octanol–water partition coefficient (Wildman–Crippen LogP) is 6.88. The molecule has 1 rings (SSSR count). The molecule has 22 heavy (non-hydrogen) atoms. The first-order chi connectivity index (χ1) is 10.8. The van der Waals surface area contributed by atoms with Crippen LogP contribution < -0.4 is 4.74 Å². The largest absolute Gasteiger partial charge is 0.560 e. The molecule has 0 atom stereocenters. The summed E-state index contributed by atoms with van der Waals surface area (Å²) in [6, 6.07) is 9.45. The Kier molecular flexibility index (Phi) is 18.7. The van der Waals surface area contributed by atoms with Gasteiger partial charge in [-0.25, -0.2) is 0 Å². The van der Waals surface area contributed by atoms with Crippen molar-refractivity contribution in [2.75, 3.05) is 6.61 Å². The van der Waals surface area contributed by atoms with Gasteiger partial charge in [-0.05, 0) is 30.9 Å². The Labute approximate surface area is 159 Å². The second-order valence-corrected chi connectivity index (χ2v) is 13.5. The minimum Gasteiger partial charge on any atom is -0.493 e. The van der Waals surface area contributed by atoms with Gasteiger partial charge in [-0.2, -0.15) is 0 Å². The van der Waals surface area contributed by atoms with Crippen LogP contribution >= 0.6 is 25.8 Å². The van der Waals surface area contributed by atoms with Gasteiger partial charge in [0.25, 0.3) is 0 Å². The Balaban J connectivity index is 0.00000135. The van der Waals surface area contributed by atoms with E-state index in [4.69, 9.17) is 4.74 Å². The summed E-state index contributed by atoms with van der Waals surface area (Å²) in [6.45, 7) is 5.31. The van der Waals surface area contributed by atoms with Gasteiger partial charge in [0, 0.05) is 6.07 Å². The molecule has 1 aromatic carbocycles. The molecule has 0 bridgehead atoms. The van der Waals surface area contributed by atoms with E-state index in [0.29, 0.717) is 0 Å². The van der Waals surface area contributed by atoms with Crippen molar-refractivity contribution in [1.82, 2.24) is 0 Å². The lowest BCUT2D eigenvalue weighted by Crippen LogP contribution is -1.98. The van der Waals surface area contributed by atoms with Crippen molar-refractivity contribution >= 4 is 41.8 Å². The van der Waals surface area contributed by atoms with E-state index in [1.165, 1.54) is 50.5 Å². The first-order valence-corrected chi connectivity index (χ1v) is 16.3. The SMILES string of the molecule is CCCCCCCCOc1[c]ccc(CCCC)c1.[Br][Mg][Br]. The van der Waals surface area contributed by atoms with Gasteiger partial charge in [-0.3, -0.25) is 25.8 Å². The monoisotopic (exact) mass is 443 g/mol. The average Bonchev–Trinajstić information content (AvgIpc) is 2.53. The molecular formula is C18H29Br2MgO. The first kappa shape index (κ1) is 22.7. The Morgan fingerprint density at radius 3 is 2.32 bits per heavy atom. The van der Waals surface area contributed by atoms with Gasteiger partial charge in [-0.15, -0.1) is 0 Å². The van der Waals surface area contributed by atoms with Crippen molar-refractivity contribution in [1.29, 1.82) is 0 Å². The van der Waals surface area contributed by atoms with Crippen molar-refractivity contribution in [3.05, 3.63) is 29.8 Å². The molecule has 0 fully saturated rings. The van der Waals surface area contributed by atoms with Crippen molar-refractivity contribution < 1.29 is 4.74 Å². The molecular weight excluding hydrogens is 416 g/mol. The molecule has 0 heterocycles. The number of hydrogen-bond donors (Lipinski definition) is 0. The first-order valence-electron chi connectivity index (χ1n) is 8.53. The molecule has 0 saturated carbocycles. The number of hydrogen-bond acceptors (Lipinski definition) is 1. The van der Waals surface area contributed by atoms with E-state index in [1.54, 1.807) is 0 Å². The van der Waals surface area contributed by atoms with Crippen LogP contribution in [0.1, 0.15) is 70.8 Å². The molecule has 0 unspecified atom stereocenters. The van der Waals surface area contributed by atoms with E-state index in [0.717, 1.165) is 25.2 Å². The van der Waals surface area contributed by atoms with Crippen LogP contribution in [0.3, 0.4) is 0 Å². The molecule has 0 aliphatic rings. The van der Waals surface area contributed by atoms with Crippen LogP contribution in [0.2, 0.25) is 0 Å². The predicted molar refractivity (Wildman–Crippen MR) is 106 cm³/mol. The third-order valence-electron chi connectivity index (χ3n) is 3.41. The second-order valence-electron chi connectivity index (χ2n) is 5.38. The van der Waals surface area contributed by atoms with Crippen LogP contribution in [0, 0.1) is 6.07 Å². The van der Waals surface area contributed by atoms with Crippen LogP contribution in [0.15, 0.2) is 18.2 Å². The number of aryl methyl sites for hydroxylation is 1. The lowest BCUT2D eigenvalue weighted by atomic mass is 10.1. The molecule has 0 aliphatic heterocycles. The Bertz CT molecular complexity index is 348. The molecule has 0 aliphatic carbocycles. The Morgan fingerprint density at radius 2 is 1.64 bits per heavy atom. The summed E-state index contributed by atoms with van der Waals surface area (Å²) in [7, 11) is 0. The number of rotatable bonds is 11. The van der Waals surface area contributed by atoms with Crippen molar-refractivity contribution in [3.63, 3.8) is 0 Å². The van der Waals surface area contributed by atoms with Crippen LogP contribution in [0.4, 0.5) is 0 Å². The zero-order chi connectivity index (χ0) is 16.5. The lowest BCUT2D eigenvalue weighted by molar-refractivity contribution is 0.303. The van der Waals surface area contributed by atoms with E-state index in [2.05, 4.69) is 57.8 Å². The van der Waals surface area contributed by atoms with Crippen LogP contribution in [-0.2, 0) is 6.42 Å². The van der Waals surface area contributed by atoms with Crippen molar-refractivity contribution in [2.45, 2.75) is 71.6 Å². The minimum atomic E-state index is 0.0417. The van der Waals surface area contributed by atoms with E-state index in [1.807, 2.05) is 6.07 Å². The smallest absolute Gasteiger partial charge is 0.493 e. The van der Waals surface area contributed by atoms with Gasteiger partial charge < -0.3 is 4.74 Å². The maximum atomic E-state index is 5.78. The van der Waals surface area contributed by atoms with Crippen LogP contribution in [0.5, 0.6) is 5.75 Å². The summed E-state index contributed by atoms with van der Waals surface area (Å²) in [5, 5.41) is 0. The van der Waals surface area contributed by atoms with E-state index >= 15 is 0 Å². The number of ether oxygens (including phenoxy) is 1. The molecule has 0 amide bonds. The summed E-state index contributed by atoms with van der Waals surface area (Å²) < 4.78 is 5.78. The molecule has 1 nitrogen and oxygen atoms in total. The highest BCUT2D eigenvalue weighted by Gasteiger charge is 1.98. The summed E-state index contributed by atoms with van der Waals surface area (Å²) in [6.07, 6.45) is 11.5. The summed E-state index contributed by atoms with van der Waals surface area (Å²) in [5.74, 6) is 0.919. The molecule has 0 aromatic heterocycles. The highest BCUT2D eigenvalue weighted by atomic mass is 79.9. The molecule has 0 saturated heterocycles. The Morgan fingerprint density at radius 1 is 1.00 bits per heavy atom. The topological polar surface area (TPSA) is 9.23 Å². The standard InChI is InChI=1S/C18H29O.2BrH.Mg/c1-3-5-7-8-9-10-15-19-18-14-11-13-17(16-18)12-6-4-2;;;/h11,13,16H,3-10,12,15H2,1-2H3;2*1H;/q;;;+2/p-2. The summed E-state index contributed by atoms with van der Waals surface area (Å²) in [4.78, 5) is 0. The molecule has 4 heteroatoms. The van der Waals surface area contributed by atoms with E-state index < -0.39 is 0 Å². The normalized spacial score (nSPS) is 9.64. The van der Waals surface area contributed by atoms with E-state index in [9.17, 15) is 0 Å². The number of halogens is 2. The molecule has 0 N–H and O–H groups in total. The molecule has 123 valence electrons. The number of benzene rings is 1. The maximum absolute atomic E-state index is 5.78. The molecule has 0 spiro atoms. The fraction of sp³-hybridized carbons (Fsp3) is 0.667. The molecule has 1 aromatic rings. The van der Waals surface area contributed by atoms with Crippen molar-refractivity contribution in [3.8, 4) is 5.75 Å². The van der Waals surface area contributed by atoms with Gasteiger partial charge in [0.05, 0.1) is 6.61 Å². The summed E-state index contributed by atoms with van der Waals surface area (Å²) >= 11 is 6.44.